The summed E-state index contributed by atoms with van der Waals surface area (Å²) in [6, 6.07) is 0. The highest BCUT2D eigenvalue weighted by Crippen LogP contribution is 2.37. The molecular formula is C12H18BNO3. The number of hydrogen-bond donors (Lipinski definition) is 1. The SMILES string of the molecule is Cc1cncc(O)c1B1OC(C)(C)C(C)(C)O1. The van der Waals surface area contributed by atoms with Gasteiger partial charge in [-0.2, -0.15) is 0 Å². The summed E-state index contributed by atoms with van der Waals surface area (Å²) >= 11 is 0. The van der Waals surface area contributed by atoms with Crippen molar-refractivity contribution in [2.75, 3.05) is 0 Å². The molecule has 0 atom stereocenters. The summed E-state index contributed by atoms with van der Waals surface area (Å²) in [5.41, 5.74) is 0.724. The molecule has 0 amide bonds. The summed E-state index contributed by atoms with van der Waals surface area (Å²) in [6.45, 7) is 9.83. The Morgan fingerprint density at radius 2 is 1.65 bits per heavy atom. The van der Waals surface area contributed by atoms with Crippen LogP contribution in [0.3, 0.4) is 0 Å². The lowest BCUT2D eigenvalue weighted by Crippen LogP contribution is -2.41. The Morgan fingerprint density at radius 1 is 1.12 bits per heavy atom. The van der Waals surface area contributed by atoms with Crippen molar-refractivity contribution >= 4 is 12.6 Å². The highest BCUT2D eigenvalue weighted by atomic mass is 16.7. The molecule has 5 heteroatoms. The third-order valence-electron chi connectivity index (χ3n) is 3.65. The van der Waals surface area contributed by atoms with E-state index in [1.54, 1.807) is 6.20 Å². The molecule has 0 radical (unpaired) electrons. The standard InChI is InChI=1S/C12H18BNO3/c1-8-6-14-7-9(15)10(8)13-16-11(2,3)12(4,5)17-13/h6-7,15H,1-5H3. The molecule has 1 saturated heterocycles. The van der Waals surface area contributed by atoms with E-state index in [2.05, 4.69) is 4.98 Å². The van der Waals surface area contributed by atoms with Gasteiger partial charge in [0.25, 0.3) is 0 Å². The van der Waals surface area contributed by atoms with Crippen LogP contribution < -0.4 is 5.46 Å². The van der Waals surface area contributed by atoms with Crippen LogP contribution in [-0.4, -0.2) is 28.4 Å². The minimum atomic E-state index is -0.539. The molecule has 17 heavy (non-hydrogen) atoms. The van der Waals surface area contributed by atoms with E-state index >= 15 is 0 Å². The molecule has 0 spiro atoms. The lowest BCUT2D eigenvalue weighted by Gasteiger charge is -2.32. The van der Waals surface area contributed by atoms with Crippen LogP contribution in [0, 0.1) is 6.92 Å². The van der Waals surface area contributed by atoms with Gasteiger partial charge in [0.1, 0.15) is 5.75 Å². The molecule has 0 aliphatic carbocycles. The van der Waals surface area contributed by atoms with E-state index in [0.29, 0.717) is 5.46 Å². The lowest BCUT2D eigenvalue weighted by atomic mass is 9.76. The number of aryl methyl sites for hydroxylation is 1. The Hall–Kier alpha value is -1.07. The molecule has 1 aliphatic rings. The fraction of sp³-hybridized carbons (Fsp3) is 0.583. The maximum atomic E-state index is 9.87. The van der Waals surface area contributed by atoms with Crippen molar-refractivity contribution in [3.63, 3.8) is 0 Å². The van der Waals surface area contributed by atoms with Crippen molar-refractivity contribution in [1.82, 2.24) is 4.98 Å². The number of hydrogen-bond acceptors (Lipinski definition) is 4. The Balaban J connectivity index is 2.39. The summed E-state index contributed by atoms with van der Waals surface area (Å²) in [7, 11) is -0.539. The minimum Gasteiger partial charge on any atom is -0.507 e. The molecule has 0 saturated carbocycles. The van der Waals surface area contributed by atoms with E-state index < -0.39 is 18.3 Å². The number of nitrogens with zero attached hydrogens (tertiary/aromatic N) is 1. The third-order valence-corrected chi connectivity index (χ3v) is 3.65. The Kier molecular flexibility index (Phi) is 2.71. The van der Waals surface area contributed by atoms with Gasteiger partial charge >= 0.3 is 7.12 Å². The van der Waals surface area contributed by atoms with E-state index in [4.69, 9.17) is 9.31 Å². The number of pyridine rings is 1. The molecule has 1 N–H and O–H groups in total. The van der Waals surface area contributed by atoms with Crippen LogP contribution in [0.5, 0.6) is 5.75 Å². The third kappa shape index (κ3) is 1.94. The Bertz CT molecular complexity index is 409. The van der Waals surface area contributed by atoms with E-state index in [1.807, 2.05) is 34.6 Å². The van der Waals surface area contributed by atoms with Gasteiger partial charge in [-0.3, -0.25) is 4.98 Å². The second-order valence-electron chi connectivity index (χ2n) is 5.48. The molecule has 0 unspecified atom stereocenters. The van der Waals surface area contributed by atoms with E-state index in [1.165, 1.54) is 6.20 Å². The second kappa shape index (κ2) is 3.72. The minimum absolute atomic E-state index is 0.114. The maximum absolute atomic E-state index is 9.87. The van der Waals surface area contributed by atoms with Crippen molar-refractivity contribution < 1.29 is 14.4 Å². The molecule has 2 rings (SSSR count). The van der Waals surface area contributed by atoms with Gasteiger partial charge in [-0.25, -0.2) is 0 Å². The van der Waals surface area contributed by atoms with Gasteiger partial charge in [0.2, 0.25) is 0 Å². The molecule has 1 aliphatic heterocycles. The zero-order chi connectivity index (χ0) is 12.8. The first-order valence-corrected chi connectivity index (χ1v) is 5.74. The smallest absolute Gasteiger partial charge is 0.499 e. The van der Waals surface area contributed by atoms with Gasteiger partial charge in [-0.15, -0.1) is 0 Å². The average molecular weight is 235 g/mol. The summed E-state index contributed by atoms with van der Waals surface area (Å²) in [4.78, 5) is 3.93. The Labute approximate surface area is 102 Å². The van der Waals surface area contributed by atoms with Crippen LogP contribution >= 0.6 is 0 Å². The first kappa shape index (κ1) is 12.4. The van der Waals surface area contributed by atoms with E-state index in [9.17, 15) is 5.11 Å². The molecule has 0 bridgehead atoms. The number of rotatable bonds is 1. The largest absolute Gasteiger partial charge is 0.507 e. The highest BCUT2D eigenvalue weighted by molar-refractivity contribution is 6.63. The maximum Gasteiger partial charge on any atom is 0.499 e. The summed E-state index contributed by atoms with van der Waals surface area (Å²) in [6.07, 6.45) is 3.10. The van der Waals surface area contributed by atoms with Crippen LogP contribution in [-0.2, 0) is 9.31 Å². The first-order valence-electron chi connectivity index (χ1n) is 5.74. The van der Waals surface area contributed by atoms with Gasteiger partial charge < -0.3 is 14.4 Å². The predicted molar refractivity (Wildman–Crippen MR) is 66.4 cm³/mol. The van der Waals surface area contributed by atoms with Crippen molar-refractivity contribution in [1.29, 1.82) is 0 Å². The van der Waals surface area contributed by atoms with Gasteiger partial charge in [0, 0.05) is 11.7 Å². The zero-order valence-corrected chi connectivity index (χ0v) is 10.9. The quantitative estimate of drug-likeness (QED) is 0.747. The molecule has 1 aromatic heterocycles. The van der Waals surface area contributed by atoms with Crippen LogP contribution in [0.1, 0.15) is 33.3 Å². The highest BCUT2D eigenvalue weighted by Gasteiger charge is 2.52. The molecule has 4 nitrogen and oxygen atoms in total. The predicted octanol–water partition coefficient (Wildman–Crippen LogP) is 1.39. The lowest BCUT2D eigenvalue weighted by molar-refractivity contribution is 0.00578. The van der Waals surface area contributed by atoms with Crippen molar-refractivity contribution in [2.24, 2.45) is 0 Å². The van der Waals surface area contributed by atoms with Crippen LogP contribution in [0.15, 0.2) is 12.4 Å². The summed E-state index contributed by atoms with van der Waals surface area (Å²) in [5, 5.41) is 9.87. The average Bonchev–Trinajstić information content (AvgIpc) is 2.35. The second-order valence-corrected chi connectivity index (χ2v) is 5.48. The molecule has 1 aromatic rings. The normalized spacial score (nSPS) is 21.8. The molecule has 1 fully saturated rings. The monoisotopic (exact) mass is 235 g/mol. The van der Waals surface area contributed by atoms with Gasteiger partial charge in [-0.05, 0) is 40.2 Å². The van der Waals surface area contributed by atoms with Crippen LogP contribution in [0.2, 0.25) is 0 Å². The number of aromatic hydroxyl groups is 1. The molecule has 92 valence electrons. The summed E-state index contributed by atoms with van der Waals surface area (Å²) < 4.78 is 11.8. The molecular weight excluding hydrogens is 217 g/mol. The molecule has 2 heterocycles. The van der Waals surface area contributed by atoms with Gasteiger partial charge in [0.05, 0.1) is 17.4 Å². The van der Waals surface area contributed by atoms with Crippen molar-refractivity contribution in [2.45, 2.75) is 45.8 Å². The first-order chi connectivity index (χ1) is 7.74. The fourth-order valence-electron chi connectivity index (χ4n) is 1.83. The number of aromatic nitrogens is 1. The van der Waals surface area contributed by atoms with E-state index in [0.717, 1.165) is 5.56 Å². The van der Waals surface area contributed by atoms with Gasteiger partial charge in [0.15, 0.2) is 0 Å². The van der Waals surface area contributed by atoms with Crippen LogP contribution in [0.25, 0.3) is 0 Å². The van der Waals surface area contributed by atoms with E-state index in [-0.39, 0.29) is 5.75 Å². The van der Waals surface area contributed by atoms with Crippen molar-refractivity contribution in [3.8, 4) is 5.75 Å². The summed E-state index contributed by atoms with van der Waals surface area (Å²) in [5.74, 6) is 0.114. The zero-order valence-electron chi connectivity index (χ0n) is 10.9. The van der Waals surface area contributed by atoms with Crippen molar-refractivity contribution in [3.05, 3.63) is 18.0 Å². The topological polar surface area (TPSA) is 51.6 Å². The fourth-order valence-corrected chi connectivity index (χ4v) is 1.83. The molecule has 0 aromatic carbocycles. The van der Waals surface area contributed by atoms with Gasteiger partial charge in [-0.1, -0.05) is 0 Å². The Morgan fingerprint density at radius 3 is 2.12 bits per heavy atom. The van der Waals surface area contributed by atoms with Crippen LogP contribution in [0.4, 0.5) is 0 Å².